The summed E-state index contributed by atoms with van der Waals surface area (Å²) in [6.45, 7) is -0.153. The Balaban J connectivity index is 2.05. The molecule has 3 rings (SSSR count). The Morgan fingerprint density at radius 2 is 1.88 bits per heavy atom. The molecule has 132 valence electrons. The summed E-state index contributed by atoms with van der Waals surface area (Å²) < 4.78 is 42.7. The van der Waals surface area contributed by atoms with Crippen molar-refractivity contribution in [1.82, 2.24) is 9.78 Å². The van der Waals surface area contributed by atoms with Crippen molar-refractivity contribution in [2.24, 2.45) is 0 Å². The van der Waals surface area contributed by atoms with E-state index in [0.717, 1.165) is 0 Å². The van der Waals surface area contributed by atoms with E-state index in [1.54, 1.807) is 18.2 Å². The molecule has 0 amide bonds. The molecule has 4 nitrogen and oxygen atoms in total. The molecule has 0 unspecified atom stereocenters. The van der Waals surface area contributed by atoms with Crippen LogP contribution in [0.25, 0.3) is 10.9 Å². The summed E-state index contributed by atoms with van der Waals surface area (Å²) in [5.41, 5.74) is 1.41. The zero-order valence-electron chi connectivity index (χ0n) is 12.5. The molecular formula is C16H11Cl2F3N2O2. The second-order valence-corrected chi connectivity index (χ2v) is 6.07. The van der Waals surface area contributed by atoms with Crippen LogP contribution in [-0.2, 0) is 13.2 Å². The third kappa shape index (κ3) is 4.00. The lowest BCUT2D eigenvalue weighted by Gasteiger charge is -2.10. The van der Waals surface area contributed by atoms with Gasteiger partial charge in [0.2, 0.25) is 0 Å². The zero-order chi connectivity index (χ0) is 18.2. The van der Waals surface area contributed by atoms with E-state index in [2.05, 4.69) is 9.84 Å². The second-order valence-electron chi connectivity index (χ2n) is 5.22. The van der Waals surface area contributed by atoms with Gasteiger partial charge in [0.05, 0.1) is 24.4 Å². The van der Waals surface area contributed by atoms with E-state index in [1.807, 2.05) is 0 Å². The molecule has 0 aliphatic rings. The second kappa shape index (κ2) is 6.74. The molecular weight excluding hydrogens is 380 g/mol. The number of benzene rings is 2. The van der Waals surface area contributed by atoms with Crippen molar-refractivity contribution in [3.8, 4) is 5.75 Å². The fraction of sp³-hybridized carbons (Fsp3) is 0.188. The van der Waals surface area contributed by atoms with Gasteiger partial charge in [-0.25, -0.2) is 0 Å². The average molecular weight is 391 g/mol. The van der Waals surface area contributed by atoms with Gasteiger partial charge in [0.1, 0.15) is 5.75 Å². The number of fused-ring (bicyclic) bond motifs is 1. The Morgan fingerprint density at radius 1 is 1.12 bits per heavy atom. The predicted molar refractivity (Wildman–Crippen MR) is 87.9 cm³/mol. The maximum Gasteiger partial charge on any atom is 0.573 e. The molecule has 0 aliphatic heterocycles. The fourth-order valence-corrected chi connectivity index (χ4v) is 2.94. The third-order valence-corrected chi connectivity index (χ3v) is 4.11. The number of aliphatic hydroxyl groups excluding tert-OH is 1. The number of halogens is 5. The molecule has 9 heteroatoms. The molecule has 0 fully saturated rings. The summed E-state index contributed by atoms with van der Waals surface area (Å²) in [5.74, 6) is -0.368. The summed E-state index contributed by atoms with van der Waals surface area (Å²) in [7, 11) is 0. The summed E-state index contributed by atoms with van der Waals surface area (Å²) in [5, 5.41) is 15.1. The van der Waals surface area contributed by atoms with Gasteiger partial charge in [-0.1, -0.05) is 29.3 Å². The van der Waals surface area contributed by atoms with Crippen molar-refractivity contribution in [2.75, 3.05) is 0 Å². The van der Waals surface area contributed by atoms with Gasteiger partial charge in [-0.3, -0.25) is 4.68 Å². The molecule has 0 saturated heterocycles. The van der Waals surface area contributed by atoms with Gasteiger partial charge in [0.15, 0.2) is 0 Å². The van der Waals surface area contributed by atoms with Crippen molar-refractivity contribution in [1.29, 1.82) is 0 Å². The molecule has 1 heterocycles. The quantitative estimate of drug-likeness (QED) is 0.696. The zero-order valence-corrected chi connectivity index (χ0v) is 14.0. The Hall–Kier alpha value is -1.96. The third-order valence-electron chi connectivity index (χ3n) is 3.52. The van der Waals surface area contributed by atoms with Crippen LogP contribution in [0.15, 0.2) is 36.4 Å². The van der Waals surface area contributed by atoms with Crippen LogP contribution in [0.5, 0.6) is 5.75 Å². The molecule has 1 aromatic heterocycles. The number of hydrogen-bond donors (Lipinski definition) is 1. The summed E-state index contributed by atoms with van der Waals surface area (Å²) in [4.78, 5) is 0. The van der Waals surface area contributed by atoms with Gasteiger partial charge in [0.25, 0.3) is 0 Å². The van der Waals surface area contributed by atoms with Crippen LogP contribution in [0, 0.1) is 0 Å². The predicted octanol–water partition coefficient (Wildman–Crippen LogP) is 4.78. The van der Waals surface area contributed by atoms with E-state index >= 15 is 0 Å². The van der Waals surface area contributed by atoms with Crippen LogP contribution in [0.2, 0.25) is 10.0 Å². The molecule has 2 aromatic carbocycles. The van der Waals surface area contributed by atoms with Crippen molar-refractivity contribution < 1.29 is 23.0 Å². The topological polar surface area (TPSA) is 47.3 Å². The van der Waals surface area contributed by atoms with Crippen molar-refractivity contribution in [3.05, 3.63) is 57.7 Å². The first-order valence-corrected chi connectivity index (χ1v) is 7.82. The first-order valence-electron chi connectivity index (χ1n) is 7.07. The van der Waals surface area contributed by atoms with E-state index in [0.29, 0.717) is 32.2 Å². The maximum atomic E-state index is 12.4. The number of rotatable bonds is 4. The van der Waals surface area contributed by atoms with E-state index in [4.69, 9.17) is 23.2 Å². The number of hydrogen-bond acceptors (Lipinski definition) is 3. The van der Waals surface area contributed by atoms with E-state index < -0.39 is 6.36 Å². The van der Waals surface area contributed by atoms with Crippen molar-refractivity contribution in [2.45, 2.75) is 19.5 Å². The van der Waals surface area contributed by atoms with E-state index in [1.165, 1.54) is 22.9 Å². The minimum absolute atomic E-state index is 0.196. The standard InChI is InChI=1S/C16H11Cl2F3N2O2/c17-10-2-1-9(13(18)5-10)7-23-15-6-11(25-16(19,20)21)3-4-12(15)14(8-24)22-23/h1-6,24H,7-8H2. The molecule has 0 saturated carbocycles. The molecule has 0 spiro atoms. The average Bonchev–Trinajstić information content (AvgIpc) is 2.86. The number of nitrogens with zero attached hydrogens (tertiary/aromatic N) is 2. The Morgan fingerprint density at radius 3 is 2.52 bits per heavy atom. The molecule has 1 N–H and O–H groups in total. The smallest absolute Gasteiger partial charge is 0.406 e. The molecule has 3 aromatic rings. The first-order chi connectivity index (χ1) is 11.8. The Bertz CT molecular complexity index is 926. The summed E-state index contributed by atoms with van der Waals surface area (Å²) >= 11 is 12.0. The van der Waals surface area contributed by atoms with Gasteiger partial charge in [0, 0.05) is 21.5 Å². The van der Waals surface area contributed by atoms with Crippen LogP contribution < -0.4 is 4.74 Å². The van der Waals surface area contributed by atoms with Gasteiger partial charge < -0.3 is 9.84 Å². The van der Waals surface area contributed by atoms with Crippen molar-refractivity contribution >= 4 is 34.1 Å². The normalized spacial score (nSPS) is 11.9. The van der Waals surface area contributed by atoms with Crippen LogP contribution in [0.4, 0.5) is 13.2 Å². The van der Waals surface area contributed by atoms with Crippen molar-refractivity contribution in [3.63, 3.8) is 0 Å². The number of aromatic nitrogens is 2. The van der Waals surface area contributed by atoms with E-state index in [9.17, 15) is 18.3 Å². The van der Waals surface area contributed by atoms with Crippen LogP contribution >= 0.6 is 23.2 Å². The minimum atomic E-state index is -4.79. The van der Waals surface area contributed by atoms with Gasteiger partial charge in [-0.05, 0) is 29.8 Å². The van der Waals surface area contributed by atoms with Crippen LogP contribution in [-0.4, -0.2) is 21.2 Å². The first kappa shape index (κ1) is 17.8. The van der Waals surface area contributed by atoms with Crippen LogP contribution in [0.3, 0.4) is 0 Å². The highest BCUT2D eigenvalue weighted by Gasteiger charge is 2.31. The lowest BCUT2D eigenvalue weighted by molar-refractivity contribution is -0.274. The fourth-order valence-electron chi connectivity index (χ4n) is 2.47. The van der Waals surface area contributed by atoms with Gasteiger partial charge in [-0.2, -0.15) is 5.10 Å². The lowest BCUT2D eigenvalue weighted by atomic mass is 10.2. The van der Waals surface area contributed by atoms with Gasteiger partial charge in [-0.15, -0.1) is 13.2 Å². The number of aliphatic hydroxyl groups is 1. The SMILES string of the molecule is OCc1nn(Cc2ccc(Cl)cc2Cl)c2cc(OC(F)(F)F)ccc12. The van der Waals surface area contributed by atoms with Gasteiger partial charge >= 0.3 is 6.36 Å². The molecule has 0 bridgehead atoms. The highest BCUT2D eigenvalue weighted by atomic mass is 35.5. The molecule has 25 heavy (non-hydrogen) atoms. The number of alkyl halides is 3. The lowest BCUT2D eigenvalue weighted by Crippen LogP contribution is -2.17. The monoisotopic (exact) mass is 390 g/mol. The van der Waals surface area contributed by atoms with E-state index in [-0.39, 0.29) is 18.9 Å². The molecule has 0 aliphatic carbocycles. The highest BCUT2D eigenvalue weighted by Crippen LogP contribution is 2.29. The minimum Gasteiger partial charge on any atom is -0.406 e. The highest BCUT2D eigenvalue weighted by molar-refractivity contribution is 6.35. The number of ether oxygens (including phenoxy) is 1. The summed E-state index contributed by atoms with van der Waals surface area (Å²) in [6, 6.07) is 8.74. The largest absolute Gasteiger partial charge is 0.573 e. The molecule has 0 atom stereocenters. The maximum absolute atomic E-state index is 12.4. The Kier molecular flexibility index (Phi) is 4.81. The van der Waals surface area contributed by atoms with Crippen LogP contribution in [0.1, 0.15) is 11.3 Å². The molecule has 0 radical (unpaired) electrons. The Labute approximate surface area is 150 Å². The summed E-state index contributed by atoms with van der Waals surface area (Å²) in [6.07, 6.45) is -4.79.